The summed E-state index contributed by atoms with van der Waals surface area (Å²) in [4.78, 5) is 11.8. The van der Waals surface area contributed by atoms with Crippen molar-refractivity contribution in [3.8, 4) is 5.75 Å². The fourth-order valence-corrected chi connectivity index (χ4v) is 1.53. The number of para-hydroxylation sites is 1. The molecule has 100 valence electrons. The van der Waals surface area contributed by atoms with E-state index >= 15 is 0 Å². The predicted octanol–water partition coefficient (Wildman–Crippen LogP) is 1.68. The predicted molar refractivity (Wildman–Crippen MR) is 72.3 cm³/mol. The minimum Gasteiger partial charge on any atom is -0.494 e. The highest BCUT2D eigenvalue weighted by molar-refractivity contribution is 5.78. The van der Waals surface area contributed by atoms with Gasteiger partial charge in [0.2, 0.25) is 5.91 Å². The summed E-state index contributed by atoms with van der Waals surface area (Å²) in [6.07, 6.45) is 0. The molecule has 4 nitrogen and oxygen atoms in total. The summed E-state index contributed by atoms with van der Waals surface area (Å²) in [5, 5.41) is 2.88. The third kappa shape index (κ3) is 4.04. The van der Waals surface area contributed by atoms with Crippen LogP contribution in [-0.2, 0) is 11.3 Å². The molecule has 0 aliphatic heterocycles. The highest BCUT2D eigenvalue weighted by Crippen LogP contribution is 2.17. The topological polar surface area (TPSA) is 64.3 Å². The van der Waals surface area contributed by atoms with Crippen LogP contribution in [0.4, 0.5) is 0 Å². The number of carbonyl (C=O) groups excluding carboxylic acids is 1. The van der Waals surface area contributed by atoms with Crippen molar-refractivity contribution >= 4 is 5.91 Å². The lowest BCUT2D eigenvalue weighted by Gasteiger charge is -2.16. The molecule has 4 heteroatoms. The van der Waals surface area contributed by atoms with E-state index in [-0.39, 0.29) is 17.9 Å². The molecule has 2 unspecified atom stereocenters. The Morgan fingerprint density at radius 3 is 2.67 bits per heavy atom. The molecule has 0 radical (unpaired) electrons. The van der Waals surface area contributed by atoms with Crippen molar-refractivity contribution in [2.45, 2.75) is 33.4 Å². The lowest BCUT2D eigenvalue weighted by Crippen LogP contribution is -2.38. The molecular formula is C14H22N2O2. The summed E-state index contributed by atoms with van der Waals surface area (Å²) in [5.74, 6) is 0.592. The summed E-state index contributed by atoms with van der Waals surface area (Å²) >= 11 is 0. The number of nitrogens with two attached hydrogens (primary N) is 1. The van der Waals surface area contributed by atoms with Crippen molar-refractivity contribution in [3.63, 3.8) is 0 Å². The van der Waals surface area contributed by atoms with Crippen molar-refractivity contribution in [1.82, 2.24) is 5.32 Å². The average Bonchev–Trinajstić information content (AvgIpc) is 2.36. The monoisotopic (exact) mass is 250 g/mol. The second-order valence-corrected chi connectivity index (χ2v) is 4.41. The van der Waals surface area contributed by atoms with Crippen LogP contribution in [0.2, 0.25) is 0 Å². The standard InChI is InChI=1S/C14H22N2O2/c1-4-18-13-8-6-5-7-12(13)9-16-14(17)10(2)11(3)15/h5-8,10-11H,4,9,15H2,1-3H3,(H,16,17). The number of hydrogen-bond acceptors (Lipinski definition) is 3. The Hall–Kier alpha value is -1.55. The molecule has 0 saturated heterocycles. The first-order valence-electron chi connectivity index (χ1n) is 6.30. The van der Waals surface area contributed by atoms with Gasteiger partial charge in [-0.25, -0.2) is 0 Å². The van der Waals surface area contributed by atoms with Gasteiger partial charge in [0.25, 0.3) is 0 Å². The van der Waals surface area contributed by atoms with Crippen molar-refractivity contribution < 1.29 is 9.53 Å². The Labute approximate surface area is 109 Å². The van der Waals surface area contributed by atoms with Gasteiger partial charge in [-0.05, 0) is 19.9 Å². The van der Waals surface area contributed by atoms with Gasteiger partial charge in [0.05, 0.1) is 6.61 Å². The van der Waals surface area contributed by atoms with Crippen LogP contribution in [0.25, 0.3) is 0 Å². The van der Waals surface area contributed by atoms with Crippen molar-refractivity contribution in [1.29, 1.82) is 0 Å². The maximum Gasteiger partial charge on any atom is 0.224 e. The van der Waals surface area contributed by atoms with E-state index in [0.717, 1.165) is 11.3 Å². The van der Waals surface area contributed by atoms with E-state index in [1.165, 1.54) is 0 Å². The Morgan fingerprint density at radius 1 is 1.39 bits per heavy atom. The molecule has 3 N–H and O–H groups in total. The first-order valence-corrected chi connectivity index (χ1v) is 6.30. The highest BCUT2D eigenvalue weighted by atomic mass is 16.5. The number of carbonyl (C=O) groups is 1. The Bertz CT molecular complexity index is 391. The second-order valence-electron chi connectivity index (χ2n) is 4.41. The van der Waals surface area contributed by atoms with Gasteiger partial charge in [-0.1, -0.05) is 25.1 Å². The van der Waals surface area contributed by atoms with Gasteiger partial charge in [-0.2, -0.15) is 0 Å². The quantitative estimate of drug-likeness (QED) is 0.807. The highest BCUT2D eigenvalue weighted by Gasteiger charge is 2.16. The minimum atomic E-state index is -0.191. The number of amides is 1. The summed E-state index contributed by atoms with van der Waals surface area (Å²) in [6, 6.07) is 7.55. The molecule has 0 aromatic heterocycles. The molecule has 0 aliphatic rings. The molecule has 0 saturated carbocycles. The Balaban J connectivity index is 2.60. The van der Waals surface area contributed by atoms with Crippen molar-refractivity contribution in [2.75, 3.05) is 6.61 Å². The van der Waals surface area contributed by atoms with Crippen LogP contribution < -0.4 is 15.8 Å². The smallest absolute Gasteiger partial charge is 0.224 e. The van der Waals surface area contributed by atoms with Crippen LogP contribution in [0, 0.1) is 5.92 Å². The van der Waals surface area contributed by atoms with Crippen LogP contribution in [0.15, 0.2) is 24.3 Å². The van der Waals surface area contributed by atoms with Crippen molar-refractivity contribution in [3.05, 3.63) is 29.8 Å². The average molecular weight is 250 g/mol. The molecule has 0 aliphatic carbocycles. The first kappa shape index (κ1) is 14.5. The molecular weight excluding hydrogens is 228 g/mol. The Morgan fingerprint density at radius 2 is 2.06 bits per heavy atom. The third-order valence-electron chi connectivity index (χ3n) is 2.93. The van der Waals surface area contributed by atoms with E-state index in [0.29, 0.717) is 13.2 Å². The fourth-order valence-electron chi connectivity index (χ4n) is 1.53. The molecule has 0 fully saturated rings. The zero-order valence-corrected chi connectivity index (χ0v) is 11.3. The third-order valence-corrected chi connectivity index (χ3v) is 2.93. The molecule has 1 aromatic carbocycles. The molecule has 1 rings (SSSR count). The molecule has 18 heavy (non-hydrogen) atoms. The lowest BCUT2D eigenvalue weighted by molar-refractivity contribution is -0.125. The van der Waals surface area contributed by atoms with Gasteiger partial charge in [0, 0.05) is 24.1 Å². The zero-order valence-electron chi connectivity index (χ0n) is 11.3. The fraction of sp³-hybridized carbons (Fsp3) is 0.500. The van der Waals surface area contributed by atoms with Gasteiger partial charge in [-0.3, -0.25) is 4.79 Å². The van der Waals surface area contributed by atoms with Crippen LogP contribution in [0.1, 0.15) is 26.3 Å². The Kier molecular flexibility index (Phi) is 5.65. The van der Waals surface area contributed by atoms with Gasteiger partial charge >= 0.3 is 0 Å². The van der Waals surface area contributed by atoms with E-state index in [9.17, 15) is 4.79 Å². The summed E-state index contributed by atoms with van der Waals surface area (Å²) < 4.78 is 5.50. The first-order chi connectivity index (χ1) is 8.56. The second kappa shape index (κ2) is 7.01. The van der Waals surface area contributed by atoms with Crippen LogP contribution in [0.5, 0.6) is 5.75 Å². The minimum absolute atomic E-state index is 0.0312. The van der Waals surface area contributed by atoms with Gasteiger partial charge in [0.1, 0.15) is 5.75 Å². The van der Waals surface area contributed by atoms with Crippen LogP contribution >= 0.6 is 0 Å². The summed E-state index contributed by atoms with van der Waals surface area (Å²) in [5.41, 5.74) is 6.67. The SMILES string of the molecule is CCOc1ccccc1CNC(=O)C(C)C(C)N. The summed E-state index contributed by atoms with van der Waals surface area (Å²) in [6.45, 7) is 6.67. The maximum atomic E-state index is 11.8. The largest absolute Gasteiger partial charge is 0.494 e. The molecule has 0 bridgehead atoms. The van der Waals surface area contributed by atoms with Gasteiger partial charge < -0.3 is 15.8 Å². The molecule has 2 atom stereocenters. The zero-order chi connectivity index (χ0) is 13.5. The molecule has 1 amide bonds. The molecule has 0 heterocycles. The summed E-state index contributed by atoms with van der Waals surface area (Å²) in [7, 11) is 0. The van der Waals surface area contributed by atoms with Gasteiger partial charge in [0.15, 0.2) is 0 Å². The van der Waals surface area contributed by atoms with Crippen LogP contribution in [0.3, 0.4) is 0 Å². The van der Waals surface area contributed by atoms with Gasteiger partial charge in [-0.15, -0.1) is 0 Å². The molecule has 0 spiro atoms. The van der Waals surface area contributed by atoms with E-state index in [1.54, 1.807) is 0 Å². The normalized spacial score (nSPS) is 13.8. The number of hydrogen-bond donors (Lipinski definition) is 2. The number of ether oxygens (including phenoxy) is 1. The van der Waals surface area contributed by atoms with E-state index in [2.05, 4.69) is 5.32 Å². The molecule has 1 aromatic rings. The van der Waals surface area contributed by atoms with Crippen LogP contribution in [-0.4, -0.2) is 18.6 Å². The van der Waals surface area contributed by atoms with E-state index in [1.807, 2.05) is 45.0 Å². The van der Waals surface area contributed by atoms with E-state index < -0.39 is 0 Å². The van der Waals surface area contributed by atoms with Crippen molar-refractivity contribution in [2.24, 2.45) is 11.7 Å². The van der Waals surface area contributed by atoms with E-state index in [4.69, 9.17) is 10.5 Å². The number of rotatable bonds is 6. The lowest BCUT2D eigenvalue weighted by atomic mass is 10.0. The number of nitrogens with one attached hydrogen (secondary N) is 1. The number of benzene rings is 1. The maximum absolute atomic E-state index is 11.8.